The van der Waals surface area contributed by atoms with Gasteiger partial charge in [-0.25, -0.2) is 9.50 Å². The highest BCUT2D eigenvalue weighted by atomic mass is 28.4. The molecule has 9 nitrogen and oxygen atoms in total. The first-order chi connectivity index (χ1) is 13.0. The van der Waals surface area contributed by atoms with Gasteiger partial charge in [0.2, 0.25) is 0 Å². The van der Waals surface area contributed by atoms with E-state index in [0.29, 0.717) is 17.8 Å². The first-order valence-corrected chi connectivity index (χ1v) is 12.2. The number of aromatic nitrogens is 3. The molecule has 10 heteroatoms. The Hall–Kier alpha value is -2.01. The maximum atomic E-state index is 10.1. The highest BCUT2D eigenvalue weighted by Gasteiger charge is 2.53. The van der Waals surface area contributed by atoms with Crippen molar-refractivity contribution in [2.24, 2.45) is 5.16 Å². The minimum Gasteiger partial charge on any atom is -0.411 e. The number of oxime groups is 1. The summed E-state index contributed by atoms with van der Waals surface area (Å²) >= 11 is 0. The van der Waals surface area contributed by atoms with Crippen LogP contribution in [0.2, 0.25) is 18.1 Å². The summed E-state index contributed by atoms with van der Waals surface area (Å²) in [4.78, 5) is 4.00. The number of aliphatic hydroxyl groups is 1. The Bertz CT molecular complexity index is 878. The van der Waals surface area contributed by atoms with Crippen LogP contribution < -0.4 is 5.73 Å². The maximum Gasteiger partial charge on any atom is 0.192 e. The van der Waals surface area contributed by atoms with Crippen molar-refractivity contribution in [2.45, 2.75) is 63.1 Å². The lowest BCUT2D eigenvalue weighted by atomic mass is 9.98. The number of anilines is 1. The molecule has 3 heterocycles. The van der Waals surface area contributed by atoms with Gasteiger partial charge in [0.05, 0.1) is 24.6 Å². The van der Waals surface area contributed by atoms with Crippen molar-refractivity contribution in [1.29, 1.82) is 0 Å². The van der Waals surface area contributed by atoms with E-state index in [1.165, 1.54) is 12.5 Å². The smallest absolute Gasteiger partial charge is 0.192 e. The molecular formula is C18H29N5O4Si. The predicted octanol–water partition coefficient (Wildman–Crippen LogP) is 2.35. The van der Waals surface area contributed by atoms with Gasteiger partial charge in [0, 0.05) is 6.42 Å². The molecule has 154 valence electrons. The van der Waals surface area contributed by atoms with Gasteiger partial charge in [0.1, 0.15) is 17.9 Å². The molecule has 1 aliphatic heterocycles. The number of hydrogen-bond donors (Lipinski definition) is 3. The fraction of sp³-hybridized carbons (Fsp3) is 0.611. The summed E-state index contributed by atoms with van der Waals surface area (Å²) in [5, 5.41) is 26.8. The molecule has 0 bridgehead atoms. The van der Waals surface area contributed by atoms with Gasteiger partial charge in [-0.2, -0.15) is 5.10 Å². The van der Waals surface area contributed by atoms with E-state index in [1.54, 1.807) is 4.52 Å². The highest BCUT2D eigenvalue weighted by molar-refractivity contribution is 6.74. The van der Waals surface area contributed by atoms with Gasteiger partial charge < -0.3 is 25.2 Å². The average Bonchev–Trinajstić information content (AvgIpc) is 3.17. The molecule has 2 aromatic rings. The van der Waals surface area contributed by atoms with Crippen molar-refractivity contribution in [1.82, 2.24) is 14.6 Å². The lowest BCUT2D eigenvalue weighted by Crippen LogP contribution is -2.53. The van der Waals surface area contributed by atoms with Crippen LogP contribution >= 0.6 is 0 Å². The summed E-state index contributed by atoms with van der Waals surface area (Å²) in [6.45, 7) is 10.3. The van der Waals surface area contributed by atoms with Crippen LogP contribution in [0.1, 0.15) is 39.0 Å². The summed E-state index contributed by atoms with van der Waals surface area (Å²) in [6.07, 6.45) is 2.21. The summed E-state index contributed by atoms with van der Waals surface area (Å²) < 4.78 is 14.5. The molecular weight excluding hydrogens is 378 g/mol. The van der Waals surface area contributed by atoms with Gasteiger partial charge in [-0.1, -0.05) is 25.9 Å². The first kappa shape index (κ1) is 20.7. The number of nitrogens with two attached hydrogens (primary N) is 1. The van der Waals surface area contributed by atoms with Crippen LogP contribution in [0.5, 0.6) is 0 Å². The number of hydrogen-bond acceptors (Lipinski definition) is 8. The van der Waals surface area contributed by atoms with Crippen LogP contribution in [0, 0.1) is 0 Å². The SMILES string of the molecule is CC(C)(C)[Si](C)(C)OC1CC(c2ccc3c(N)ncnn23)OC1(/C=N/O)CO. The van der Waals surface area contributed by atoms with E-state index in [2.05, 4.69) is 49.1 Å². The number of aliphatic hydroxyl groups excluding tert-OH is 1. The minimum absolute atomic E-state index is 0.0218. The fourth-order valence-electron chi connectivity index (χ4n) is 3.25. The summed E-state index contributed by atoms with van der Waals surface area (Å²) in [7, 11) is -2.17. The van der Waals surface area contributed by atoms with Gasteiger partial charge in [-0.05, 0) is 30.3 Å². The molecule has 3 atom stereocenters. The van der Waals surface area contributed by atoms with Crippen molar-refractivity contribution in [3.05, 3.63) is 24.2 Å². The van der Waals surface area contributed by atoms with Crippen molar-refractivity contribution in [3.63, 3.8) is 0 Å². The highest BCUT2D eigenvalue weighted by Crippen LogP contribution is 2.45. The Balaban J connectivity index is 1.99. The number of rotatable bonds is 5. The normalized spacial score (nSPS) is 26.5. The number of nitrogen functional groups attached to an aromatic ring is 1. The summed E-state index contributed by atoms with van der Waals surface area (Å²) in [6, 6.07) is 3.70. The second kappa shape index (κ2) is 7.10. The molecule has 0 aliphatic carbocycles. The Morgan fingerprint density at radius 2 is 2.18 bits per heavy atom. The van der Waals surface area contributed by atoms with Crippen molar-refractivity contribution in [3.8, 4) is 0 Å². The molecule has 1 aliphatic rings. The Morgan fingerprint density at radius 3 is 2.79 bits per heavy atom. The van der Waals surface area contributed by atoms with Gasteiger partial charge in [0.15, 0.2) is 19.7 Å². The molecule has 0 amide bonds. The Labute approximate surface area is 165 Å². The van der Waals surface area contributed by atoms with Crippen molar-refractivity contribution < 1.29 is 19.5 Å². The van der Waals surface area contributed by atoms with Crippen molar-refractivity contribution in [2.75, 3.05) is 12.3 Å². The molecule has 3 unspecified atom stereocenters. The third kappa shape index (κ3) is 3.41. The molecule has 2 aromatic heterocycles. The van der Waals surface area contributed by atoms with Crippen LogP contribution in [0.3, 0.4) is 0 Å². The first-order valence-electron chi connectivity index (χ1n) is 9.28. The standard InChI is InChI=1S/C18H29N5O4Si/c1-17(2,3)28(4,5)27-15-8-14(26-18(15,10-24)9-22-25)12-6-7-13-16(19)20-11-21-23(12)13/h6-7,9,11,14-15,24-25H,8,10H2,1-5H3,(H2,19,20,21)/b22-9+. The van der Waals surface area contributed by atoms with E-state index >= 15 is 0 Å². The second-order valence-corrected chi connectivity index (χ2v) is 13.5. The van der Waals surface area contributed by atoms with Gasteiger partial charge in [0.25, 0.3) is 0 Å². The van der Waals surface area contributed by atoms with Crippen molar-refractivity contribution >= 4 is 25.9 Å². The molecule has 0 radical (unpaired) electrons. The zero-order chi connectivity index (χ0) is 20.7. The number of fused-ring (bicyclic) bond motifs is 1. The van der Waals surface area contributed by atoms with E-state index in [-0.39, 0.29) is 11.6 Å². The molecule has 3 rings (SSSR count). The van der Waals surface area contributed by atoms with Crippen LogP contribution in [-0.4, -0.2) is 57.8 Å². The van der Waals surface area contributed by atoms with Crippen LogP contribution in [-0.2, 0) is 9.16 Å². The lowest BCUT2D eigenvalue weighted by molar-refractivity contribution is -0.0608. The van der Waals surface area contributed by atoms with Gasteiger partial charge in [-0.15, -0.1) is 0 Å². The van der Waals surface area contributed by atoms with E-state index < -0.39 is 26.1 Å². The zero-order valence-corrected chi connectivity index (χ0v) is 18.0. The van der Waals surface area contributed by atoms with Gasteiger partial charge in [-0.3, -0.25) is 0 Å². The second-order valence-electron chi connectivity index (χ2n) is 8.77. The minimum atomic E-state index is -2.17. The van der Waals surface area contributed by atoms with E-state index in [9.17, 15) is 10.3 Å². The molecule has 0 spiro atoms. The van der Waals surface area contributed by atoms with Crippen LogP contribution in [0.15, 0.2) is 23.6 Å². The van der Waals surface area contributed by atoms with Crippen LogP contribution in [0.4, 0.5) is 5.82 Å². The molecule has 0 saturated carbocycles. The largest absolute Gasteiger partial charge is 0.411 e. The molecule has 28 heavy (non-hydrogen) atoms. The average molecular weight is 408 g/mol. The van der Waals surface area contributed by atoms with Gasteiger partial charge >= 0.3 is 0 Å². The third-order valence-corrected chi connectivity index (χ3v) is 10.4. The topological polar surface area (TPSA) is 127 Å². The molecule has 0 aromatic carbocycles. The lowest BCUT2D eigenvalue weighted by Gasteiger charge is -2.41. The molecule has 4 N–H and O–H groups in total. The number of ether oxygens (including phenoxy) is 1. The zero-order valence-electron chi connectivity index (χ0n) is 17.0. The Morgan fingerprint density at radius 1 is 1.46 bits per heavy atom. The Kier molecular flexibility index (Phi) is 5.26. The monoisotopic (exact) mass is 407 g/mol. The maximum absolute atomic E-state index is 10.1. The van der Waals surface area contributed by atoms with Crippen LogP contribution in [0.25, 0.3) is 5.52 Å². The predicted molar refractivity (Wildman–Crippen MR) is 108 cm³/mol. The summed E-state index contributed by atoms with van der Waals surface area (Å²) in [5.41, 5.74) is 6.14. The molecule has 1 fully saturated rings. The van der Waals surface area contributed by atoms with E-state index in [4.69, 9.17) is 14.9 Å². The molecule has 1 saturated heterocycles. The third-order valence-electron chi connectivity index (χ3n) is 5.94. The number of nitrogens with zero attached hydrogens (tertiary/aromatic N) is 4. The quantitative estimate of drug-likeness (QED) is 0.300. The van der Waals surface area contributed by atoms with E-state index in [1.807, 2.05) is 12.1 Å². The van der Waals surface area contributed by atoms with E-state index in [0.717, 1.165) is 5.69 Å². The fourth-order valence-corrected chi connectivity index (χ4v) is 4.61. The summed E-state index contributed by atoms with van der Waals surface area (Å²) in [5.74, 6) is 0.374.